The summed E-state index contributed by atoms with van der Waals surface area (Å²) in [6.07, 6.45) is -2.68. The Kier molecular flexibility index (Phi) is 4.19. The van der Waals surface area contributed by atoms with Gasteiger partial charge in [-0.05, 0) is 12.8 Å². The van der Waals surface area contributed by atoms with Gasteiger partial charge in [0, 0.05) is 11.7 Å². The summed E-state index contributed by atoms with van der Waals surface area (Å²) in [4.78, 5) is 15.9. The molecular formula is C11H15F3N2OS. The highest BCUT2D eigenvalue weighted by molar-refractivity contribution is 8.14. The van der Waals surface area contributed by atoms with Gasteiger partial charge >= 0.3 is 6.18 Å². The van der Waals surface area contributed by atoms with Gasteiger partial charge in [0.1, 0.15) is 0 Å². The fraction of sp³-hybridized carbons (Fsp3) is 0.818. The topological polar surface area (TPSA) is 41.5 Å². The van der Waals surface area contributed by atoms with Crippen LogP contribution in [0.4, 0.5) is 13.2 Å². The molecule has 0 aromatic rings. The molecule has 0 bridgehead atoms. The molecule has 0 unspecified atom stereocenters. The van der Waals surface area contributed by atoms with E-state index in [1.807, 2.05) is 0 Å². The molecule has 1 aliphatic heterocycles. The normalized spacial score (nSPS) is 28.9. The third-order valence-electron chi connectivity index (χ3n) is 3.34. The Bertz CT molecular complexity index is 357. The average molecular weight is 280 g/mol. The molecule has 1 fully saturated rings. The summed E-state index contributed by atoms with van der Waals surface area (Å²) in [5, 5.41) is 2.99. The number of hydrogen-bond acceptors (Lipinski definition) is 3. The van der Waals surface area contributed by atoms with Gasteiger partial charge < -0.3 is 5.32 Å². The number of amidine groups is 1. The van der Waals surface area contributed by atoms with E-state index in [0.717, 1.165) is 5.75 Å². The Labute approximate surface area is 108 Å². The van der Waals surface area contributed by atoms with Crippen molar-refractivity contribution in [2.24, 2.45) is 16.8 Å². The number of hydrogen-bond donors (Lipinski definition) is 1. The molecule has 0 aromatic heterocycles. The van der Waals surface area contributed by atoms with Gasteiger partial charge in [-0.25, -0.2) is 0 Å². The summed E-state index contributed by atoms with van der Waals surface area (Å²) in [6.45, 7) is 0.619. The SMILES string of the molecule is O=C(NC1=NCCS1)[C@@H]1CCCC[C@H]1C(F)(F)F. The molecule has 1 aliphatic carbocycles. The van der Waals surface area contributed by atoms with E-state index in [1.165, 1.54) is 11.8 Å². The summed E-state index contributed by atoms with van der Waals surface area (Å²) < 4.78 is 38.5. The zero-order valence-corrected chi connectivity index (χ0v) is 10.6. The van der Waals surface area contributed by atoms with E-state index in [-0.39, 0.29) is 6.42 Å². The van der Waals surface area contributed by atoms with Crippen molar-refractivity contribution in [1.29, 1.82) is 0 Å². The third kappa shape index (κ3) is 3.18. The standard InChI is InChI=1S/C11H15F3N2OS/c12-11(13,14)8-4-2-1-3-7(8)9(17)16-10-15-5-6-18-10/h7-8H,1-6H2,(H,15,16,17)/t7-,8-/m1/s1. The van der Waals surface area contributed by atoms with Crippen LogP contribution < -0.4 is 5.32 Å². The summed E-state index contributed by atoms with van der Waals surface area (Å²) in [7, 11) is 0. The zero-order valence-electron chi connectivity index (χ0n) is 9.79. The van der Waals surface area contributed by atoms with Crippen LogP contribution >= 0.6 is 11.8 Å². The Morgan fingerprint density at radius 1 is 1.33 bits per heavy atom. The van der Waals surface area contributed by atoms with Crippen LogP contribution in [-0.2, 0) is 4.79 Å². The van der Waals surface area contributed by atoms with E-state index in [9.17, 15) is 18.0 Å². The second-order valence-corrected chi connectivity index (χ2v) is 5.65. The highest BCUT2D eigenvalue weighted by atomic mass is 32.2. The Morgan fingerprint density at radius 2 is 2.06 bits per heavy atom. The molecule has 1 amide bonds. The number of rotatable bonds is 1. The van der Waals surface area contributed by atoms with Crippen molar-refractivity contribution in [1.82, 2.24) is 5.32 Å². The average Bonchev–Trinajstić information content (AvgIpc) is 2.80. The van der Waals surface area contributed by atoms with Crippen molar-refractivity contribution in [3.8, 4) is 0 Å². The minimum atomic E-state index is -4.28. The van der Waals surface area contributed by atoms with Gasteiger partial charge in [-0.2, -0.15) is 13.2 Å². The molecule has 2 atom stereocenters. The van der Waals surface area contributed by atoms with E-state index < -0.39 is 23.9 Å². The quantitative estimate of drug-likeness (QED) is 0.802. The molecule has 1 heterocycles. The number of aliphatic imine (C=N–C) groups is 1. The fourth-order valence-corrected chi connectivity index (χ4v) is 3.18. The molecule has 18 heavy (non-hydrogen) atoms. The maximum Gasteiger partial charge on any atom is 0.392 e. The number of carbonyl (C=O) groups is 1. The van der Waals surface area contributed by atoms with Gasteiger partial charge in [-0.1, -0.05) is 24.6 Å². The molecule has 0 radical (unpaired) electrons. The molecule has 1 N–H and O–H groups in total. The Hall–Kier alpha value is -0.720. The Morgan fingerprint density at radius 3 is 2.67 bits per heavy atom. The van der Waals surface area contributed by atoms with Crippen molar-refractivity contribution < 1.29 is 18.0 Å². The Balaban J connectivity index is 2.01. The minimum Gasteiger partial charge on any atom is -0.305 e. The lowest BCUT2D eigenvalue weighted by molar-refractivity contribution is -0.197. The molecule has 102 valence electrons. The lowest BCUT2D eigenvalue weighted by Crippen LogP contribution is -2.43. The summed E-state index contributed by atoms with van der Waals surface area (Å²) in [5.74, 6) is -2.20. The fourth-order valence-electron chi connectivity index (χ4n) is 2.45. The first-order valence-corrected chi connectivity index (χ1v) is 7.02. The minimum absolute atomic E-state index is 0.0568. The van der Waals surface area contributed by atoms with Crippen molar-refractivity contribution >= 4 is 22.8 Å². The molecule has 2 aliphatic rings. The second kappa shape index (κ2) is 5.50. The number of amides is 1. The number of nitrogens with one attached hydrogen (secondary N) is 1. The molecule has 2 rings (SSSR count). The number of thioether (sulfide) groups is 1. The molecule has 0 spiro atoms. The molecule has 7 heteroatoms. The number of nitrogens with zero attached hydrogens (tertiary/aromatic N) is 1. The predicted octanol–water partition coefficient (Wildman–Crippen LogP) is 2.57. The summed E-state index contributed by atoms with van der Waals surface area (Å²) in [6, 6.07) is 0. The van der Waals surface area contributed by atoms with Crippen LogP contribution in [0.5, 0.6) is 0 Å². The maximum atomic E-state index is 12.8. The van der Waals surface area contributed by atoms with Crippen molar-refractivity contribution in [3.05, 3.63) is 0 Å². The van der Waals surface area contributed by atoms with Crippen LogP contribution in [-0.4, -0.2) is 29.5 Å². The van der Waals surface area contributed by atoms with E-state index in [1.54, 1.807) is 0 Å². The monoisotopic (exact) mass is 280 g/mol. The van der Waals surface area contributed by atoms with Crippen LogP contribution in [0.2, 0.25) is 0 Å². The number of carbonyl (C=O) groups excluding carboxylic acids is 1. The lowest BCUT2D eigenvalue weighted by Gasteiger charge is -2.31. The summed E-state index contributed by atoms with van der Waals surface area (Å²) in [5.41, 5.74) is 0. The smallest absolute Gasteiger partial charge is 0.305 e. The highest BCUT2D eigenvalue weighted by Crippen LogP contribution is 2.41. The van der Waals surface area contributed by atoms with Crippen molar-refractivity contribution in [3.63, 3.8) is 0 Å². The lowest BCUT2D eigenvalue weighted by atomic mass is 9.78. The maximum absolute atomic E-state index is 12.8. The first kappa shape index (κ1) is 13.7. The van der Waals surface area contributed by atoms with E-state index >= 15 is 0 Å². The zero-order chi connectivity index (χ0) is 13.2. The van der Waals surface area contributed by atoms with Gasteiger partial charge in [0.25, 0.3) is 0 Å². The molecule has 0 aromatic carbocycles. The van der Waals surface area contributed by atoms with Crippen LogP contribution in [0.25, 0.3) is 0 Å². The third-order valence-corrected chi connectivity index (χ3v) is 4.23. The molecule has 0 saturated heterocycles. The van der Waals surface area contributed by atoms with Gasteiger partial charge in [0.2, 0.25) is 5.91 Å². The van der Waals surface area contributed by atoms with Gasteiger partial charge in [-0.3, -0.25) is 9.79 Å². The van der Waals surface area contributed by atoms with Gasteiger partial charge in [0.05, 0.1) is 12.5 Å². The first-order valence-electron chi connectivity index (χ1n) is 6.03. The van der Waals surface area contributed by atoms with E-state index in [2.05, 4.69) is 10.3 Å². The first-order chi connectivity index (χ1) is 8.48. The summed E-state index contributed by atoms with van der Waals surface area (Å²) >= 11 is 1.38. The molecule has 1 saturated carbocycles. The molecule has 3 nitrogen and oxygen atoms in total. The van der Waals surface area contributed by atoms with Gasteiger partial charge in [0.15, 0.2) is 5.17 Å². The second-order valence-electron chi connectivity index (χ2n) is 4.56. The van der Waals surface area contributed by atoms with Crippen LogP contribution in [0.15, 0.2) is 4.99 Å². The van der Waals surface area contributed by atoms with Crippen LogP contribution in [0.3, 0.4) is 0 Å². The van der Waals surface area contributed by atoms with Gasteiger partial charge in [-0.15, -0.1) is 0 Å². The van der Waals surface area contributed by atoms with Crippen LogP contribution in [0.1, 0.15) is 25.7 Å². The number of alkyl halides is 3. The predicted molar refractivity (Wildman–Crippen MR) is 64.4 cm³/mol. The highest BCUT2D eigenvalue weighted by Gasteiger charge is 2.48. The van der Waals surface area contributed by atoms with E-state index in [4.69, 9.17) is 0 Å². The largest absolute Gasteiger partial charge is 0.392 e. The molecular weight excluding hydrogens is 265 g/mol. The van der Waals surface area contributed by atoms with Crippen molar-refractivity contribution in [2.45, 2.75) is 31.9 Å². The van der Waals surface area contributed by atoms with Crippen molar-refractivity contribution in [2.75, 3.05) is 12.3 Å². The van der Waals surface area contributed by atoms with E-state index in [0.29, 0.717) is 31.0 Å². The number of halogens is 3. The van der Waals surface area contributed by atoms with Crippen LogP contribution in [0, 0.1) is 11.8 Å².